The zero-order valence-electron chi connectivity index (χ0n) is 12.8. The summed E-state index contributed by atoms with van der Waals surface area (Å²) in [6.45, 7) is 8.79. The van der Waals surface area contributed by atoms with Crippen molar-refractivity contribution in [3.63, 3.8) is 0 Å². The van der Waals surface area contributed by atoms with Crippen molar-refractivity contribution in [2.45, 2.75) is 49.8 Å². The van der Waals surface area contributed by atoms with Crippen LogP contribution in [0.15, 0.2) is 40.6 Å². The molecule has 3 nitrogen and oxygen atoms in total. The third-order valence-electron chi connectivity index (χ3n) is 2.81. The van der Waals surface area contributed by atoms with Crippen LogP contribution in [0, 0.1) is 12.7 Å². The second-order valence-corrected chi connectivity index (χ2v) is 6.95. The van der Waals surface area contributed by atoms with Crippen molar-refractivity contribution in [1.29, 1.82) is 0 Å². The maximum absolute atomic E-state index is 14.1. The predicted molar refractivity (Wildman–Crippen MR) is 83.9 cm³/mol. The average Bonchev–Trinajstić information content (AvgIpc) is 2.41. The molecule has 0 saturated carbocycles. The highest BCUT2D eigenvalue weighted by molar-refractivity contribution is 7.99. The number of rotatable bonds is 4. The molecule has 0 aliphatic carbocycles. The van der Waals surface area contributed by atoms with E-state index in [9.17, 15) is 4.39 Å². The molecule has 0 bridgehead atoms. The molecule has 21 heavy (non-hydrogen) atoms. The molecule has 5 heteroatoms. The lowest BCUT2D eigenvalue weighted by Gasteiger charge is -2.21. The second-order valence-electron chi connectivity index (χ2n) is 5.98. The van der Waals surface area contributed by atoms with Crippen LogP contribution in [0.25, 0.3) is 0 Å². The zero-order valence-corrected chi connectivity index (χ0v) is 13.6. The van der Waals surface area contributed by atoms with Crippen molar-refractivity contribution >= 4 is 11.8 Å². The first-order chi connectivity index (χ1) is 9.85. The van der Waals surface area contributed by atoms with Crippen LogP contribution >= 0.6 is 11.8 Å². The van der Waals surface area contributed by atoms with Gasteiger partial charge in [-0.05, 0) is 56.7 Å². The van der Waals surface area contributed by atoms with Crippen LogP contribution in [0.5, 0.6) is 0 Å². The van der Waals surface area contributed by atoms with E-state index in [1.54, 1.807) is 18.5 Å². The fraction of sp³-hybridized carbons (Fsp3) is 0.375. The van der Waals surface area contributed by atoms with E-state index in [4.69, 9.17) is 0 Å². The Hall–Kier alpha value is -1.46. The summed E-state index contributed by atoms with van der Waals surface area (Å²) in [6.07, 6.45) is 3.48. The Kier molecular flexibility index (Phi) is 4.96. The summed E-state index contributed by atoms with van der Waals surface area (Å²) in [6, 6.07) is 5.13. The Balaban J connectivity index is 2.23. The van der Waals surface area contributed by atoms with Crippen LogP contribution < -0.4 is 5.32 Å². The number of benzene rings is 1. The third kappa shape index (κ3) is 4.79. The van der Waals surface area contributed by atoms with Gasteiger partial charge in [-0.2, -0.15) is 0 Å². The fourth-order valence-corrected chi connectivity index (χ4v) is 2.52. The molecular weight excluding hydrogens is 285 g/mol. The molecule has 0 unspecified atom stereocenters. The van der Waals surface area contributed by atoms with Crippen LogP contribution in [-0.2, 0) is 6.54 Å². The lowest BCUT2D eigenvalue weighted by Crippen LogP contribution is -2.35. The third-order valence-corrected chi connectivity index (χ3v) is 3.86. The minimum Gasteiger partial charge on any atom is -0.308 e. The van der Waals surface area contributed by atoms with Gasteiger partial charge in [0.1, 0.15) is 5.82 Å². The van der Waals surface area contributed by atoms with Crippen molar-refractivity contribution < 1.29 is 4.39 Å². The Bertz CT molecular complexity index is 606. The Morgan fingerprint density at radius 2 is 1.86 bits per heavy atom. The lowest BCUT2D eigenvalue weighted by molar-refractivity contribution is 0.421. The molecule has 1 aromatic carbocycles. The van der Waals surface area contributed by atoms with Crippen LogP contribution in [0.3, 0.4) is 0 Å². The molecule has 0 aliphatic heterocycles. The van der Waals surface area contributed by atoms with E-state index in [-0.39, 0.29) is 11.4 Å². The SMILES string of the molecule is Cc1cnc(Sc2c(F)cccc2CNC(C)(C)C)nc1. The van der Waals surface area contributed by atoms with Gasteiger partial charge in [0.25, 0.3) is 0 Å². The van der Waals surface area contributed by atoms with E-state index >= 15 is 0 Å². The molecule has 1 heterocycles. The Morgan fingerprint density at radius 3 is 2.48 bits per heavy atom. The zero-order chi connectivity index (χ0) is 15.5. The van der Waals surface area contributed by atoms with Crippen molar-refractivity contribution in [3.05, 3.63) is 47.5 Å². The highest BCUT2D eigenvalue weighted by atomic mass is 32.2. The van der Waals surface area contributed by atoms with Gasteiger partial charge >= 0.3 is 0 Å². The first kappa shape index (κ1) is 15.9. The standard InChI is InChI=1S/C16H20FN3S/c1-11-8-18-15(19-9-11)21-14-12(6-5-7-13(14)17)10-20-16(2,3)4/h5-9,20H,10H2,1-4H3. The van der Waals surface area contributed by atoms with E-state index < -0.39 is 0 Å². The first-order valence-electron chi connectivity index (χ1n) is 6.84. The molecule has 0 saturated heterocycles. The molecule has 0 aliphatic rings. The summed E-state index contributed by atoms with van der Waals surface area (Å²) in [7, 11) is 0. The van der Waals surface area contributed by atoms with Gasteiger partial charge in [-0.1, -0.05) is 12.1 Å². The summed E-state index contributed by atoms with van der Waals surface area (Å²) < 4.78 is 14.1. The molecule has 2 rings (SSSR count). The van der Waals surface area contributed by atoms with Crippen molar-refractivity contribution in [3.8, 4) is 0 Å². The molecule has 0 radical (unpaired) electrons. The minimum absolute atomic E-state index is 0.0192. The summed E-state index contributed by atoms with van der Waals surface area (Å²) in [5.74, 6) is -0.239. The Morgan fingerprint density at radius 1 is 1.19 bits per heavy atom. The van der Waals surface area contributed by atoms with Gasteiger partial charge in [-0.3, -0.25) is 0 Å². The summed E-state index contributed by atoms with van der Waals surface area (Å²) in [5, 5.41) is 3.94. The van der Waals surface area contributed by atoms with E-state index in [0.29, 0.717) is 16.6 Å². The molecule has 0 atom stereocenters. The smallest absolute Gasteiger partial charge is 0.192 e. The number of aromatic nitrogens is 2. The molecule has 0 fully saturated rings. The van der Waals surface area contributed by atoms with Gasteiger partial charge in [-0.15, -0.1) is 0 Å². The maximum atomic E-state index is 14.1. The monoisotopic (exact) mass is 305 g/mol. The molecule has 1 aromatic heterocycles. The number of nitrogens with one attached hydrogen (secondary N) is 1. The van der Waals surface area contributed by atoms with Gasteiger partial charge < -0.3 is 5.32 Å². The number of hydrogen-bond acceptors (Lipinski definition) is 4. The van der Waals surface area contributed by atoms with Crippen molar-refractivity contribution in [2.75, 3.05) is 0 Å². The van der Waals surface area contributed by atoms with Crippen LogP contribution in [-0.4, -0.2) is 15.5 Å². The first-order valence-corrected chi connectivity index (χ1v) is 7.66. The predicted octanol–water partition coefficient (Wildman–Crippen LogP) is 3.96. The molecule has 0 spiro atoms. The van der Waals surface area contributed by atoms with Crippen LogP contribution in [0.1, 0.15) is 31.9 Å². The lowest BCUT2D eigenvalue weighted by atomic mass is 10.1. The topological polar surface area (TPSA) is 37.8 Å². The highest BCUT2D eigenvalue weighted by Gasteiger charge is 2.14. The van der Waals surface area contributed by atoms with Gasteiger partial charge in [0.15, 0.2) is 5.16 Å². The molecular formula is C16H20FN3S. The largest absolute Gasteiger partial charge is 0.308 e. The normalized spacial score (nSPS) is 11.7. The van der Waals surface area contributed by atoms with E-state index in [2.05, 4.69) is 36.1 Å². The van der Waals surface area contributed by atoms with Crippen molar-refractivity contribution in [2.24, 2.45) is 0 Å². The second kappa shape index (κ2) is 6.54. The summed E-state index contributed by atoms with van der Waals surface area (Å²) in [5.41, 5.74) is 1.89. The van der Waals surface area contributed by atoms with Crippen molar-refractivity contribution in [1.82, 2.24) is 15.3 Å². The van der Waals surface area contributed by atoms with Gasteiger partial charge in [0.2, 0.25) is 0 Å². The fourth-order valence-electron chi connectivity index (χ4n) is 1.69. The van der Waals surface area contributed by atoms with Crippen LogP contribution in [0.4, 0.5) is 4.39 Å². The average molecular weight is 305 g/mol. The summed E-state index contributed by atoms with van der Waals surface area (Å²) in [4.78, 5) is 9.04. The molecule has 1 N–H and O–H groups in total. The van der Waals surface area contributed by atoms with Crippen LogP contribution in [0.2, 0.25) is 0 Å². The summed E-state index contributed by atoms with van der Waals surface area (Å²) >= 11 is 1.26. The number of hydrogen-bond donors (Lipinski definition) is 1. The number of nitrogens with zero attached hydrogens (tertiary/aromatic N) is 2. The van der Waals surface area contributed by atoms with Gasteiger partial charge in [-0.25, -0.2) is 14.4 Å². The maximum Gasteiger partial charge on any atom is 0.192 e. The molecule has 0 amide bonds. The van der Waals surface area contributed by atoms with Gasteiger partial charge in [0.05, 0.1) is 4.90 Å². The van der Waals surface area contributed by atoms with E-state index in [1.165, 1.54) is 17.8 Å². The quantitative estimate of drug-likeness (QED) is 0.868. The number of aryl methyl sites for hydroxylation is 1. The Labute approximate surface area is 129 Å². The molecule has 2 aromatic rings. The highest BCUT2D eigenvalue weighted by Crippen LogP contribution is 2.30. The van der Waals surface area contributed by atoms with E-state index in [0.717, 1.165) is 11.1 Å². The van der Waals surface area contributed by atoms with E-state index in [1.807, 2.05) is 13.0 Å². The van der Waals surface area contributed by atoms with Gasteiger partial charge in [0, 0.05) is 24.5 Å². The number of halogens is 1. The minimum atomic E-state index is -0.239. The molecule has 112 valence electrons.